The second-order valence-electron chi connectivity index (χ2n) is 3.98. The fourth-order valence-electron chi connectivity index (χ4n) is 1.66. The summed E-state index contributed by atoms with van der Waals surface area (Å²) in [6.07, 6.45) is 0. The number of benzene rings is 2. The third-order valence-electron chi connectivity index (χ3n) is 2.57. The number of alkyl halides is 3. The molecule has 0 atom stereocenters. The second kappa shape index (κ2) is 4.92. The van der Waals surface area contributed by atoms with Crippen LogP contribution in [0.25, 0.3) is 10.8 Å². The summed E-state index contributed by atoms with van der Waals surface area (Å²) in [5, 5.41) is 9.49. The predicted octanol–water partition coefficient (Wildman–Crippen LogP) is 2.77. The largest absolute Gasteiger partial charge is 0.534 e. The van der Waals surface area contributed by atoms with Crippen LogP contribution in [-0.4, -0.2) is 25.0 Å². The minimum absolute atomic E-state index is 0.0693. The van der Waals surface area contributed by atoms with E-state index in [0.29, 0.717) is 5.39 Å². The van der Waals surface area contributed by atoms with Gasteiger partial charge in [-0.15, -0.1) is 0 Å². The van der Waals surface area contributed by atoms with Gasteiger partial charge in [-0.3, -0.25) is 0 Å². The first-order valence-electron chi connectivity index (χ1n) is 5.38. The molecule has 112 valence electrons. The summed E-state index contributed by atoms with van der Waals surface area (Å²) in [5.74, 6) is -1.91. The molecule has 0 aliphatic heterocycles. The van der Waals surface area contributed by atoms with Crippen LogP contribution in [0.2, 0.25) is 0 Å². The second-order valence-corrected chi connectivity index (χ2v) is 5.51. The van der Waals surface area contributed by atoms with E-state index in [4.69, 9.17) is 5.11 Å². The van der Waals surface area contributed by atoms with Gasteiger partial charge in [-0.05, 0) is 29.0 Å². The molecule has 0 aromatic heterocycles. The Morgan fingerprint density at radius 1 is 1.14 bits per heavy atom. The number of halogens is 3. The lowest BCUT2D eigenvalue weighted by atomic mass is 10.0. The number of fused-ring (bicyclic) bond motifs is 1. The van der Waals surface area contributed by atoms with Crippen LogP contribution < -0.4 is 4.18 Å². The number of rotatable bonds is 3. The first kappa shape index (κ1) is 15.1. The molecule has 1 N–H and O–H groups in total. The van der Waals surface area contributed by atoms with E-state index >= 15 is 0 Å². The molecule has 0 heterocycles. The van der Waals surface area contributed by atoms with Crippen LogP contribution >= 0.6 is 0 Å². The van der Waals surface area contributed by atoms with Crippen LogP contribution in [-0.2, 0) is 10.1 Å². The van der Waals surface area contributed by atoms with Crippen LogP contribution in [0.1, 0.15) is 10.4 Å². The van der Waals surface area contributed by atoms with Crippen LogP contribution in [0, 0.1) is 0 Å². The molecule has 0 bridgehead atoms. The van der Waals surface area contributed by atoms with Crippen molar-refractivity contribution in [3.05, 3.63) is 42.0 Å². The molecule has 0 saturated carbocycles. The molecule has 5 nitrogen and oxygen atoms in total. The van der Waals surface area contributed by atoms with Crippen molar-refractivity contribution in [2.24, 2.45) is 0 Å². The Bertz CT molecular complexity index is 811. The summed E-state index contributed by atoms with van der Waals surface area (Å²) in [4.78, 5) is 11.0. The van der Waals surface area contributed by atoms with Crippen molar-refractivity contribution < 1.29 is 35.7 Å². The van der Waals surface area contributed by atoms with E-state index in [1.165, 1.54) is 24.3 Å². The highest BCUT2D eigenvalue weighted by molar-refractivity contribution is 7.88. The average molecular weight is 320 g/mol. The zero-order valence-electron chi connectivity index (χ0n) is 10.1. The van der Waals surface area contributed by atoms with E-state index in [9.17, 15) is 26.4 Å². The molecule has 0 aliphatic rings. The SMILES string of the molecule is O=C(O)c1cccc2ccc(OS(=O)(=O)C(F)(F)F)cc12. The van der Waals surface area contributed by atoms with E-state index in [1.54, 1.807) is 0 Å². The molecule has 2 aromatic carbocycles. The number of hydrogen-bond donors (Lipinski definition) is 1. The van der Waals surface area contributed by atoms with E-state index in [1.807, 2.05) is 0 Å². The Morgan fingerprint density at radius 2 is 1.81 bits per heavy atom. The molecular weight excluding hydrogens is 313 g/mol. The molecule has 21 heavy (non-hydrogen) atoms. The lowest BCUT2D eigenvalue weighted by molar-refractivity contribution is -0.0500. The summed E-state index contributed by atoms with van der Waals surface area (Å²) in [5.41, 5.74) is -5.74. The van der Waals surface area contributed by atoms with E-state index in [-0.39, 0.29) is 10.9 Å². The summed E-state index contributed by atoms with van der Waals surface area (Å²) in [7, 11) is -5.80. The van der Waals surface area contributed by atoms with Gasteiger partial charge in [0.2, 0.25) is 0 Å². The highest BCUT2D eigenvalue weighted by Crippen LogP contribution is 2.29. The van der Waals surface area contributed by atoms with E-state index < -0.39 is 27.3 Å². The molecule has 2 aromatic rings. The standard InChI is InChI=1S/C12H7F3O5S/c13-12(14,15)21(18,19)20-8-5-4-7-2-1-3-9(11(16)17)10(7)6-8/h1-6H,(H,16,17). The third-order valence-corrected chi connectivity index (χ3v) is 3.55. The maximum Gasteiger partial charge on any atom is 0.534 e. The minimum Gasteiger partial charge on any atom is -0.478 e. The van der Waals surface area contributed by atoms with Gasteiger partial charge < -0.3 is 9.29 Å². The van der Waals surface area contributed by atoms with Crippen molar-refractivity contribution in [1.29, 1.82) is 0 Å². The first-order chi connectivity index (χ1) is 9.62. The van der Waals surface area contributed by atoms with Gasteiger partial charge in [-0.2, -0.15) is 21.6 Å². The molecule has 2 rings (SSSR count). The Labute approximate surface area is 116 Å². The lowest BCUT2D eigenvalue weighted by Crippen LogP contribution is -2.28. The zero-order chi connectivity index (χ0) is 15.8. The molecule has 0 unspecified atom stereocenters. The summed E-state index contributed by atoms with van der Waals surface area (Å²) in [6.45, 7) is 0. The van der Waals surface area contributed by atoms with Gasteiger partial charge in [0.15, 0.2) is 0 Å². The number of aromatic carboxylic acids is 1. The van der Waals surface area contributed by atoms with Crippen molar-refractivity contribution in [2.75, 3.05) is 0 Å². The topological polar surface area (TPSA) is 80.7 Å². The van der Waals surface area contributed by atoms with Crippen LogP contribution in [0.4, 0.5) is 13.2 Å². The fourth-order valence-corrected chi connectivity index (χ4v) is 2.12. The van der Waals surface area contributed by atoms with Crippen molar-refractivity contribution in [3.63, 3.8) is 0 Å². The van der Waals surface area contributed by atoms with Gasteiger partial charge in [-0.1, -0.05) is 18.2 Å². The molecular formula is C12H7F3O5S. The molecule has 0 amide bonds. The normalized spacial score (nSPS) is 12.3. The fraction of sp³-hybridized carbons (Fsp3) is 0.0833. The Hall–Kier alpha value is -2.29. The van der Waals surface area contributed by atoms with Gasteiger partial charge in [0.25, 0.3) is 0 Å². The maximum atomic E-state index is 12.2. The van der Waals surface area contributed by atoms with Gasteiger partial charge in [0, 0.05) is 0 Å². The number of hydrogen-bond acceptors (Lipinski definition) is 4. The van der Waals surface area contributed by atoms with Gasteiger partial charge >= 0.3 is 21.6 Å². The van der Waals surface area contributed by atoms with Crippen molar-refractivity contribution in [1.82, 2.24) is 0 Å². The highest BCUT2D eigenvalue weighted by atomic mass is 32.2. The quantitative estimate of drug-likeness (QED) is 0.695. The van der Waals surface area contributed by atoms with Gasteiger partial charge in [0.1, 0.15) is 5.75 Å². The monoisotopic (exact) mass is 320 g/mol. The average Bonchev–Trinajstić information content (AvgIpc) is 2.35. The van der Waals surface area contributed by atoms with Gasteiger partial charge in [-0.25, -0.2) is 4.79 Å². The number of carboxylic acids is 1. The zero-order valence-corrected chi connectivity index (χ0v) is 10.9. The van der Waals surface area contributed by atoms with Crippen LogP contribution in [0.15, 0.2) is 36.4 Å². The number of carbonyl (C=O) groups is 1. The van der Waals surface area contributed by atoms with Crippen molar-refractivity contribution >= 4 is 26.9 Å². The lowest BCUT2D eigenvalue weighted by Gasteiger charge is -2.10. The Morgan fingerprint density at radius 3 is 2.38 bits per heavy atom. The van der Waals surface area contributed by atoms with Gasteiger partial charge in [0.05, 0.1) is 5.56 Å². The predicted molar refractivity (Wildman–Crippen MR) is 66.5 cm³/mol. The Balaban J connectivity index is 2.54. The van der Waals surface area contributed by atoms with E-state index in [2.05, 4.69) is 4.18 Å². The van der Waals surface area contributed by atoms with E-state index in [0.717, 1.165) is 12.1 Å². The number of carboxylic acid groups (broad SMARTS) is 1. The summed E-state index contributed by atoms with van der Waals surface area (Å²) < 4.78 is 62.5. The highest BCUT2D eigenvalue weighted by Gasteiger charge is 2.48. The summed E-state index contributed by atoms with van der Waals surface area (Å²) in [6, 6.07) is 7.44. The molecule has 0 spiro atoms. The molecule has 0 fully saturated rings. The van der Waals surface area contributed by atoms with Crippen molar-refractivity contribution in [2.45, 2.75) is 5.51 Å². The maximum absolute atomic E-state index is 12.2. The van der Waals surface area contributed by atoms with Crippen LogP contribution in [0.3, 0.4) is 0 Å². The minimum atomic E-state index is -5.80. The first-order valence-corrected chi connectivity index (χ1v) is 6.79. The molecule has 0 aliphatic carbocycles. The molecule has 0 saturated heterocycles. The van der Waals surface area contributed by atoms with Crippen molar-refractivity contribution in [3.8, 4) is 5.75 Å². The van der Waals surface area contributed by atoms with Crippen LogP contribution in [0.5, 0.6) is 5.75 Å². The Kier molecular flexibility index (Phi) is 3.54. The smallest absolute Gasteiger partial charge is 0.478 e. The molecule has 9 heteroatoms. The summed E-state index contributed by atoms with van der Waals surface area (Å²) >= 11 is 0. The molecule has 0 radical (unpaired) electrons. The third kappa shape index (κ3) is 2.92.